The van der Waals surface area contributed by atoms with Crippen LogP contribution in [-0.2, 0) is 14.8 Å². The van der Waals surface area contributed by atoms with Crippen molar-refractivity contribution in [1.29, 1.82) is 0 Å². The molecule has 1 N–H and O–H groups in total. The summed E-state index contributed by atoms with van der Waals surface area (Å²) in [6.07, 6.45) is 1.09. The lowest BCUT2D eigenvalue weighted by atomic mass is 10.2. The molecule has 0 aliphatic rings. The molecule has 0 aliphatic heterocycles. The predicted molar refractivity (Wildman–Crippen MR) is 145 cm³/mol. The lowest BCUT2D eigenvalue weighted by Gasteiger charge is -2.28. The van der Waals surface area contributed by atoms with Crippen molar-refractivity contribution in [2.45, 2.75) is 22.8 Å². The van der Waals surface area contributed by atoms with Gasteiger partial charge in [-0.3, -0.25) is 9.10 Å². The maximum Gasteiger partial charge on any atom is 0.248 e. The first-order valence-corrected chi connectivity index (χ1v) is 13.9. The highest BCUT2D eigenvalue weighted by Gasteiger charge is 2.29. The highest BCUT2D eigenvalue weighted by Crippen LogP contribution is 2.34. The average molecular weight is 519 g/mol. The number of para-hydroxylation sites is 2. The van der Waals surface area contributed by atoms with Crippen molar-refractivity contribution in [3.05, 3.63) is 109 Å². The summed E-state index contributed by atoms with van der Waals surface area (Å²) in [5.41, 5.74) is 0.982. The number of benzene rings is 4. The zero-order valence-corrected chi connectivity index (χ0v) is 21.5. The standard InChI is InChI=1S/C28H26N2O4S2/c1-21(28(31)29-26-15-9-10-16-27(26)35-25-13-7-4-8-14-25)30(36(2,32)33)22-17-19-24(20-18-22)34-23-11-5-3-6-12-23/h3-21H,1-2H3,(H,29,31). The summed E-state index contributed by atoms with van der Waals surface area (Å²) < 4.78 is 32.4. The van der Waals surface area contributed by atoms with Crippen LogP contribution >= 0.6 is 11.8 Å². The molecule has 6 nitrogen and oxygen atoms in total. The van der Waals surface area contributed by atoms with Gasteiger partial charge in [0.2, 0.25) is 15.9 Å². The Morgan fingerprint density at radius 3 is 2.00 bits per heavy atom. The second-order valence-electron chi connectivity index (χ2n) is 8.04. The van der Waals surface area contributed by atoms with Crippen molar-refractivity contribution in [3.63, 3.8) is 0 Å². The van der Waals surface area contributed by atoms with Crippen LogP contribution in [0.15, 0.2) is 119 Å². The average Bonchev–Trinajstić information content (AvgIpc) is 2.87. The number of hydrogen-bond acceptors (Lipinski definition) is 5. The molecule has 0 spiro atoms. The molecule has 0 fully saturated rings. The van der Waals surface area contributed by atoms with E-state index in [0.29, 0.717) is 22.9 Å². The minimum Gasteiger partial charge on any atom is -0.457 e. The van der Waals surface area contributed by atoms with E-state index >= 15 is 0 Å². The Kier molecular flexibility index (Phi) is 7.97. The highest BCUT2D eigenvalue weighted by atomic mass is 32.2. The minimum atomic E-state index is -3.76. The largest absolute Gasteiger partial charge is 0.457 e. The molecule has 4 rings (SSSR count). The van der Waals surface area contributed by atoms with Gasteiger partial charge < -0.3 is 10.1 Å². The van der Waals surface area contributed by atoms with Crippen LogP contribution in [0.25, 0.3) is 0 Å². The number of hydrogen-bond donors (Lipinski definition) is 1. The first-order chi connectivity index (χ1) is 17.3. The SMILES string of the molecule is CC(C(=O)Nc1ccccc1Sc1ccccc1)N(c1ccc(Oc2ccccc2)cc1)S(C)(=O)=O. The highest BCUT2D eigenvalue weighted by molar-refractivity contribution is 7.99. The fourth-order valence-electron chi connectivity index (χ4n) is 3.61. The molecule has 1 amide bonds. The Morgan fingerprint density at radius 1 is 0.806 bits per heavy atom. The fourth-order valence-corrected chi connectivity index (χ4v) is 5.70. The van der Waals surface area contributed by atoms with Crippen LogP contribution in [-0.4, -0.2) is 26.6 Å². The molecule has 0 saturated carbocycles. The Balaban J connectivity index is 1.53. The third kappa shape index (κ3) is 6.47. The molecule has 0 aliphatic carbocycles. The van der Waals surface area contributed by atoms with E-state index in [2.05, 4.69) is 5.32 Å². The van der Waals surface area contributed by atoms with Gasteiger partial charge in [0.25, 0.3) is 0 Å². The zero-order chi connectivity index (χ0) is 25.5. The minimum absolute atomic E-state index is 0.368. The molecular formula is C28H26N2O4S2. The fraction of sp³-hybridized carbons (Fsp3) is 0.107. The van der Waals surface area contributed by atoms with Crippen LogP contribution in [0.1, 0.15) is 6.92 Å². The van der Waals surface area contributed by atoms with E-state index in [1.165, 1.54) is 11.8 Å². The lowest BCUT2D eigenvalue weighted by Crippen LogP contribution is -2.45. The monoisotopic (exact) mass is 518 g/mol. The molecule has 1 unspecified atom stereocenters. The first kappa shape index (κ1) is 25.3. The molecule has 4 aromatic rings. The number of amides is 1. The molecular weight excluding hydrogens is 492 g/mol. The van der Waals surface area contributed by atoms with Gasteiger partial charge in [-0.15, -0.1) is 0 Å². The van der Waals surface area contributed by atoms with Gasteiger partial charge in [0.05, 0.1) is 17.6 Å². The molecule has 1 atom stereocenters. The zero-order valence-electron chi connectivity index (χ0n) is 19.9. The summed E-state index contributed by atoms with van der Waals surface area (Å²) in [7, 11) is -3.76. The molecule has 0 saturated heterocycles. The molecule has 184 valence electrons. The Bertz CT molecular complexity index is 1410. The van der Waals surface area contributed by atoms with Gasteiger partial charge in [-0.05, 0) is 67.6 Å². The summed E-state index contributed by atoms with van der Waals surface area (Å²) in [5, 5.41) is 2.91. The van der Waals surface area contributed by atoms with E-state index in [4.69, 9.17) is 4.74 Å². The number of anilines is 2. The summed E-state index contributed by atoms with van der Waals surface area (Å²) in [5.74, 6) is 0.790. The quantitative estimate of drug-likeness (QED) is 0.277. The van der Waals surface area contributed by atoms with Crippen molar-refractivity contribution < 1.29 is 17.9 Å². The normalized spacial score (nSPS) is 11.9. The molecule has 0 radical (unpaired) electrons. The van der Waals surface area contributed by atoms with Crippen LogP contribution in [0.3, 0.4) is 0 Å². The third-order valence-electron chi connectivity index (χ3n) is 5.27. The Hall–Kier alpha value is -3.75. The number of nitrogens with zero attached hydrogens (tertiary/aromatic N) is 1. The summed E-state index contributed by atoms with van der Waals surface area (Å²) in [4.78, 5) is 15.1. The summed E-state index contributed by atoms with van der Waals surface area (Å²) >= 11 is 1.52. The van der Waals surface area contributed by atoms with Crippen molar-refractivity contribution >= 4 is 39.1 Å². The van der Waals surface area contributed by atoms with Crippen molar-refractivity contribution in [2.24, 2.45) is 0 Å². The first-order valence-electron chi connectivity index (χ1n) is 11.3. The van der Waals surface area contributed by atoms with Crippen LogP contribution in [0.4, 0.5) is 11.4 Å². The van der Waals surface area contributed by atoms with Crippen LogP contribution in [0.5, 0.6) is 11.5 Å². The molecule has 8 heteroatoms. The van der Waals surface area contributed by atoms with E-state index < -0.39 is 22.0 Å². The van der Waals surface area contributed by atoms with Gasteiger partial charge in [0, 0.05) is 9.79 Å². The predicted octanol–water partition coefficient (Wildman–Crippen LogP) is 6.42. The number of rotatable bonds is 9. The van der Waals surface area contributed by atoms with E-state index in [0.717, 1.165) is 20.4 Å². The van der Waals surface area contributed by atoms with Crippen molar-refractivity contribution in [3.8, 4) is 11.5 Å². The van der Waals surface area contributed by atoms with Crippen LogP contribution < -0.4 is 14.4 Å². The van der Waals surface area contributed by atoms with Crippen LogP contribution in [0, 0.1) is 0 Å². The smallest absolute Gasteiger partial charge is 0.248 e. The number of carbonyl (C=O) groups excluding carboxylic acids is 1. The van der Waals surface area contributed by atoms with E-state index in [1.807, 2.05) is 78.9 Å². The van der Waals surface area contributed by atoms with Gasteiger partial charge in [0.15, 0.2) is 0 Å². The van der Waals surface area contributed by atoms with Gasteiger partial charge >= 0.3 is 0 Å². The maximum absolute atomic E-state index is 13.2. The maximum atomic E-state index is 13.2. The van der Waals surface area contributed by atoms with Crippen molar-refractivity contribution in [2.75, 3.05) is 15.9 Å². The second-order valence-corrected chi connectivity index (χ2v) is 11.0. The summed E-state index contributed by atoms with van der Waals surface area (Å²) in [6, 6.07) is 32.2. The van der Waals surface area contributed by atoms with Gasteiger partial charge in [-0.25, -0.2) is 8.42 Å². The third-order valence-corrected chi connectivity index (χ3v) is 7.60. The van der Waals surface area contributed by atoms with Gasteiger partial charge in [-0.2, -0.15) is 0 Å². The second kappa shape index (κ2) is 11.3. The van der Waals surface area contributed by atoms with Crippen molar-refractivity contribution in [1.82, 2.24) is 0 Å². The molecule has 0 bridgehead atoms. The number of sulfonamides is 1. The van der Waals surface area contributed by atoms with Gasteiger partial charge in [-0.1, -0.05) is 60.3 Å². The molecule has 0 aromatic heterocycles. The number of carbonyl (C=O) groups is 1. The number of ether oxygens (including phenoxy) is 1. The number of nitrogens with one attached hydrogen (secondary N) is 1. The molecule has 4 aromatic carbocycles. The Morgan fingerprint density at radius 2 is 1.36 bits per heavy atom. The topological polar surface area (TPSA) is 75.7 Å². The molecule has 36 heavy (non-hydrogen) atoms. The van der Waals surface area contributed by atoms with E-state index in [1.54, 1.807) is 37.3 Å². The summed E-state index contributed by atoms with van der Waals surface area (Å²) in [6.45, 7) is 1.57. The van der Waals surface area contributed by atoms with Crippen LogP contribution in [0.2, 0.25) is 0 Å². The van der Waals surface area contributed by atoms with E-state index in [9.17, 15) is 13.2 Å². The molecule has 0 heterocycles. The Labute approximate surface area is 216 Å². The van der Waals surface area contributed by atoms with Gasteiger partial charge in [0.1, 0.15) is 17.5 Å². The van der Waals surface area contributed by atoms with E-state index in [-0.39, 0.29) is 0 Å². The lowest BCUT2D eigenvalue weighted by molar-refractivity contribution is -0.116.